The highest BCUT2D eigenvalue weighted by atomic mass is 16.5. The van der Waals surface area contributed by atoms with Crippen molar-refractivity contribution in [2.24, 2.45) is 0 Å². The highest BCUT2D eigenvalue weighted by Crippen LogP contribution is 2.23. The van der Waals surface area contributed by atoms with Gasteiger partial charge in [0.1, 0.15) is 11.6 Å². The standard InChI is InChI=1S/C23H22N4O2/c1-29-21-9-5-4-8-20(21)27-23(28)17-10-11-22(26-15-17)24-13-12-16-14-25-19-7-3-2-6-18(16)19/h2-11,14-15,25H,12-13H2,1H3,(H,24,26)(H,27,28). The fourth-order valence-corrected chi connectivity index (χ4v) is 3.24. The molecule has 29 heavy (non-hydrogen) atoms. The Hall–Kier alpha value is -3.80. The average Bonchev–Trinajstić information content (AvgIpc) is 3.18. The van der Waals surface area contributed by atoms with Crippen LogP contribution in [0.15, 0.2) is 73.1 Å². The molecule has 0 aliphatic heterocycles. The summed E-state index contributed by atoms with van der Waals surface area (Å²) in [6.45, 7) is 0.752. The first kappa shape index (κ1) is 18.6. The van der Waals surface area contributed by atoms with Gasteiger partial charge < -0.3 is 20.4 Å². The number of aromatic amines is 1. The van der Waals surface area contributed by atoms with Crippen LogP contribution >= 0.6 is 0 Å². The summed E-state index contributed by atoms with van der Waals surface area (Å²) in [5.74, 6) is 1.12. The maximum absolute atomic E-state index is 12.5. The summed E-state index contributed by atoms with van der Waals surface area (Å²) in [4.78, 5) is 20.1. The minimum absolute atomic E-state index is 0.229. The number of benzene rings is 2. The van der Waals surface area contributed by atoms with Crippen LogP contribution in [0, 0.1) is 0 Å². The van der Waals surface area contributed by atoms with E-state index in [2.05, 4.69) is 32.7 Å². The second-order valence-corrected chi connectivity index (χ2v) is 6.62. The summed E-state index contributed by atoms with van der Waals surface area (Å²) in [6, 6.07) is 19.1. The Morgan fingerprint density at radius 2 is 1.90 bits per heavy atom. The van der Waals surface area contributed by atoms with Gasteiger partial charge in [0.2, 0.25) is 0 Å². The van der Waals surface area contributed by atoms with Crippen molar-refractivity contribution in [1.29, 1.82) is 0 Å². The quantitative estimate of drug-likeness (QED) is 0.438. The minimum Gasteiger partial charge on any atom is -0.495 e. The molecule has 6 heteroatoms. The molecule has 0 unspecified atom stereocenters. The topological polar surface area (TPSA) is 79.0 Å². The van der Waals surface area contributed by atoms with E-state index in [0.717, 1.165) is 24.3 Å². The lowest BCUT2D eigenvalue weighted by Gasteiger charge is -2.10. The molecular weight excluding hydrogens is 364 g/mol. The molecule has 2 aromatic carbocycles. The largest absolute Gasteiger partial charge is 0.495 e. The van der Waals surface area contributed by atoms with Crippen molar-refractivity contribution >= 4 is 28.3 Å². The van der Waals surface area contributed by atoms with E-state index in [4.69, 9.17) is 4.74 Å². The summed E-state index contributed by atoms with van der Waals surface area (Å²) >= 11 is 0. The Kier molecular flexibility index (Phi) is 5.42. The number of ether oxygens (including phenoxy) is 1. The van der Waals surface area contributed by atoms with Crippen LogP contribution in [0.4, 0.5) is 11.5 Å². The minimum atomic E-state index is -0.229. The molecule has 0 saturated carbocycles. The number of H-pyrrole nitrogens is 1. The van der Waals surface area contributed by atoms with Crippen LogP contribution < -0.4 is 15.4 Å². The SMILES string of the molecule is COc1ccccc1NC(=O)c1ccc(NCCc2c[nH]c3ccccc23)nc1. The number of pyridine rings is 1. The first-order valence-electron chi connectivity index (χ1n) is 9.44. The van der Waals surface area contributed by atoms with Crippen molar-refractivity contribution in [3.63, 3.8) is 0 Å². The summed E-state index contributed by atoms with van der Waals surface area (Å²) in [6.07, 6.45) is 4.49. The number of nitrogens with one attached hydrogen (secondary N) is 3. The molecule has 0 atom stereocenters. The van der Waals surface area contributed by atoms with Gasteiger partial charge in [-0.3, -0.25) is 4.79 Å². The molecule has 6 nitrogen and oxygen atoms in total. The number of nitrogens with zero attached hydrogens (tertiary/aromatic N) is 1. The maximum atomic E-state index is 12.5. The van der Waals surface area contributed by atoms with Crippen molar-refractivity contribution in [2.45, 2.75) is 6.42 Å². The van der Waals surface area contributed by atoms with E-state index in [1.54, 1.807) is 31.5 Å². The van der Waals surface area contributed by atoms with E-state index < -0.39 is 0 Å². The zero-order valence-electron chi connectivity index (χ0n) is 16.1. The first-order chi connectivity index (χ1) is 14.2. The number of carbonyl (C=O) groups excluding carboxylic acids is 1. The van der Waals surface area contributed by atoms with Gasteiger partial charge in [-0.2, -0.15) is 0 Å². The van der Waals surface area contributed by atoms with E-state index in [1.165, 1.54) is 10.9 Å². The fourth-order valence-electron chi connectivity index (χ4n) is 3.24. The zero-order chi connectivity index (χ0) is 20.1. The number of para-hydroxylation sites is 3. The molecule has 0 radical (unpaired) electrons. The smallest absolute Gasteiger partial charge is 0.257 e. The van der Waals surface area contributed by atoms with Gasteiger partial charge in [-0.25, -0.2) is 4.98 Å². The molecule has 146 valence electrons. The van der Waals surface area contributed by atoms with Crippen LogP contribution in [0.5, 0.6) is 5.75 Å². The lowest BCUT2D eigenvalue weighted by Crippen LogP contribution is -2.13. The van der Waals surface area contributed by atoms with Gasteiger partial charge in [0.05, 0.1) is 18.4 Å². The van der Waals surface area contributed by atoms with Crippen molar-refractivity contribution in [1.82, 2.24) is 9.97 Å². The number of carbonyl (C=O) groups is 1. The normalized spacial score (nSPS) is 10.7. The van der Waals surface area contributed by atoms with Gasteiger partial charge in [0.15, 0.2) is 0 Å². The molecule has 0 aliphatic carbocycles. The predicted octanol–water partition coefficient (Wildman–Crippen LogP) is 4.48. The zero-order valence-corrected chi connectivity index (χ0v) is 16.1. The predicted molar refractivity (Wildman–Crippen MR) is 116 cm³/mol. The number of amides is 1. The van der Waals surface area contributed by atoms with Crippen LogP contribution in [0.2, 0.25) is 0 Å². The van der Waals surface area contributed by atoms with Crippen LogP contribution in [-0.2, 0) is 6.42 Å². The molecule has 0 aliphatic rings. The monoisotopic (exact) mass is 386 g/mol. The number of methoxy groups -OCH3 is 1. The number of aromatic nitrogens is 2. The lowest BCUT2D eigenvalue weighted by atomic mass is 10.1. The number of rotatable bonds is 7. The van der Waals surface area contributed by atoms with E-state index in [1.807, 2.05) is 36.5 Å². The first-order valence-corrected chi connectivity index (χ1v) is 9.44. The van der Waals surface area contributed by atoms with Crippen molar-refractivity contribution in [3.8, 4) is 5.75 Å². The maximum Gasteiger partial charge on any atom is 0.257 e. The lowest BCUT2D eigenvalue weighted by molar-refractivity contribution is 0.102. The average molecular weight is 386 g/mol. The van der Waals surface area contributed by atoms with Gasteiger partial charge in [0.25, 0.3) is 5.91 Å². The number of fused-ring (bicyclic) bond motifs is 1. The highest BCUT2D eigenvalue weighted by Gasteiger charge is 2.10. The number of hydrogen-bond donors (Lipinski definition) is 3. The second kappa shape index (κ2) is 8.48. The van der Waals surface area contributed by atoms with Crippen molar-refractivity contribution in [2.75, 3.05) is 24.3 Å². The molecular formula is C23H22N4O2. The summed E-state index contributed by atoms with van der Waals surface area (Å²) in [7, 11) is 1.57. The van der Waals surface area contributed by atoms with Gasteiger partial charge in [0, 0.05) is 29.8 Å². The summed E-state index contributed by atoms with van der Waals surface area (Å²) in [5.41, 5.74) is 3.52. The van der Waals surface area contributed by atoms with E-state index in [0.29, 0.717) is 17.0 Å². The fraction of sp³-hybridized carbons (Fsp3) is 0.130. The number of hydrogen-bond acceptors (Lipinski definition) is 4. The molecule has 0 bridgehead atoms. The summed E-state index contributed by atoms with van der Waals surface area (Å²) in [5, 5.41) is 7.39. The van der Waals surface area contributed by atoms with Crippen LogP contribution in [0.1, 0.15) is 15.9 Å². The van der Waals surface area contributed by atoms with E-state index in [-0.39, 0.29) is 5.91 Å². The van der Waals surface area contributed by atoms with Gasteiger partial charge in [-0.15, -0.1) is 0 Å². The molecule has 1 amide bonds. The number of anilines is 2. The van der Waals surface area contributed by atoms with Gasteiger partial charge in [-0.05, 0) is 42.3 Å². The summed E-state index contributed by atoms with van der Waals surface area (Å²) < 4.78 is 5.26. The van der Waals surface area contributed by atoms with Crippen molar-refractivity contribution < 1.29 is 9.53 Å². The highest BCUT2D eigenvalue weighted by molar-refractivity contribution is 6.04. The Labute approximate surface area is 168 Å². The van der Waals surface area contributed by atoms with E-state index >= 15 is 0 Å². The molecule has 0 fully saturated rings. The Morgan fingerprint density at radius 3 is 2.72 bits per heavy atom. The van der Waals surface area contributed by atoms with Gasteiger partial charge in [-0.1, -0.05) is 30.3 Å². The molecule has 4 aromatic rings. The van der Waals surface area contributed by atoms with Gasteiger partial charge >= 0.3 is 0 Å². The molecule has 4 rings (SSSR count). The molecule has 2 aromatic heterocycles. The molecule has 2 heterocycles. The second-order valence-electron chi connectivity index (χ2n) is 6.62. The van der Waals surface area contributed by atoms with E-state index in [9.17, 15) is 4.79 Å². The Bertz CT molecular complexity index is 1120. The molecule has 0 spiro atoms. The Morgan fingerprint density at radius 1 is 1.07 bits per heavy atom. The third-order valence-electron chi connectivity index (χ3n) is 4.76. The van der Waals surface area contributed by atoms with Crippen LogP contribution in [0.3, 0.4) is 0 Å². The van der Waals surface area contributed by atoms with Crippen molar-refractivity contribution in [3.05, 3.63) is 84.2 Å². The third-order valence-corrected chi connectivity index (χ3v) is 4.76. The molecule has 3 N–H and O–H groups in total. The third kappa shape index (κ3) is 4.21. The molecule has 0 saturated heterocycles. The van der Waals surface area contributed by atoms with Crippen LogP contribution in [0.25, 0.3) is 10.9 Å². The van der Waals surface area contributed by atoms with Crippen LogP contribution in [-0.4, -0.2) is 29.5 Å². The Balaban J connectivity index is 1.34.